The topological polar surface area (TPSA) is 54.1 Å². The van der Waals surface area contributed by atoms with Gasteiger partial charge in [-0.25, -0.2) is 9.67 Å². The van der Waals surface area contributed by atoms with Gasteiger partial charge in [0.2, 0.25) is 0 Å². The zero-order valence-corrected chi connectivity index (χ0v) is 31.8. The van der Waals surface area contributed by atoms with Crippen molar-refractivity contribution in [2.45, 2.75) is 80.1 Å². The average Bonchev–Trinajstić information content (AvgIpc) is 3.64. The molecule has 0 atom stereocenters. The highest BCUT2D eigenvalue weighted by Crippen LogP contribution is 2.46. The first kappa shape index (κ1) is 34.1. The maximum absolute atomic E-state index is 6.66. The summed E-state index contributed by atoms with van der Waals surface area (Å²) in [6.07, 6.45) is 1.87. The van der Waals surface area contributed by atoms with Crippen molar-refractivity contribution in [3.8, 4) is 39.9 Å². The molecule has 6 heteroatoms. The van der Waals surface area contributed by atoms with Gasteiger partial charge in [0.15, 0.2) is 0 Å². The Bertz CT molecular complexity index is 2450. The average molecular weight is 677 g/mol. The molecule has 0 aliphatic carbocycles. The van der Waals surface area contributed by atoms with Crippen LogP contribution in [0.25, 0.3) is 44.4 Å². The van der Waals surface area contributed by atoms with Crippen molar-refractivity contribution < 1.29 is 9.47 Å². The van der Waals surface area contributed by atoms with Crippen LogP contribution in [0, 0.1) is 27.7 Å². The zero-order valence-electron chi connectivity index (χ0n) is 31.8. The molecule has 4 aromatic carbocycles. The Hall–Kier alpha value is -5.36. The summed E-state index contributed by atoms with van der Waals surface area (Å²) in [5.74, 6) is 3.29. The molecular formula is C45H48N4O2. The Labute approximate surface area is 301 Å². The standard InChI is InChI=1S/C45H48N4O2/c1-27-21-22-46-39(23-27)48-36-18-13-12-17-34(36)35-20-19-33(26-37(35)48)51-32-16-14-15-31(25-32)49-43(45(8,9)10)41(42(47-49)44(5,6)7)40-28(2)24-38(50-11)29(3)30(40)4/h12-26H,1-11H3. The fourth-order valence-electron chi connectivity index (χ4n) is 7.42. The van der Waals surface area contributed by atoms with Crippen LogP contribution in [0.4, 0.5) is 0 Å². The Kier molecular flexibility index (Phi) is 8.32. The van der Waals surface area contributed by atoms with Gasteiger partial charge in [0.25, 0.3) is 0 Å². The van der Waals surface area contributed by atoms with Gasteiger partial charge in [0.1, 0.15) is 23.1 Å². The van der Waals surface area contributed by atoms with E-state index in [4.69, 9.17) is 19.6 Å². The second-order valence-corrected chi connectivity index (χ2v) is 15.8. The predicted octanol–water partition coefficient (Wildman–Crippen LogP) is 11.7. The lowest BCUT2D eigenvalue weighted by atomic mass is 9.78. The van der Waals surface area contributed by atoms with Crippen LogP contribution in [0.15, 0.2) is 91.1 Å². The van der Waals surface area contributed by atoms with Gasteiger partial charge in [-0.1, -0.05) is 65.8 Å². The Morgan fingerprint density at radius 3 is 2.08 bits per heavy atom. The van der Waals surface area contributed by atoms with Gasteiger partial charge in [-0.05, 0) is 104 Å². The minimum atomic E-state index is -0.225. The maximum atomic E-state index is 6.66. The molecule has 3 aromatic heterocycles. The van der Waals surface area contributed by atoms with E-state index < -0.39 is 0 Å². The summed E-state index contributed by atoms with van der Waals surface area (Å²) in [6.45, 7) is 22.2. The number of ether oxygens (including phenoxy) is 2. The van der Waals surface area contributed by atoms with Crippen molar-refractivity contribution >= 4 is 21.8 Å². The number of nitrogens with zero attached hydrogens (tertiary/aromatic N) is 4. The van der Waals surface area contributed by atoms with Crippen LogP contribution < -0.4 is 9.47 Å². The molecule has 3 heterocycles. The van der Waals surface area contributed by atoms with Gasteiger partial charge >= 0.3 is 0 Å². The number of pyridine rings is 1. The first-order valence-corrected chi connectivity index (χ1v) is 17.7. The second kappa shape index (κ2) is 12.4. The number of rotatable bonds is 6. The quantitative estimate of drug-likeness (QED) is 0.176. The number of fused-ring (bicyclic) bond motifs is 3. The second-order valence-electron chi connectivity index (χ2n) is 15.8. The Balaban J connectivity index is 1.37. The van der Waals surface area contributed by atoms with Crippen LogP contribution in [-0.2, 0) is 10.8 Å². The van der Waals surface area contributed by atoms with Crippen LogP contribution >= 0.6 is 0 Å². The predicted molar refractivity (Wildman–Crippen MR) is 211 cm³/mol. The minimum absolute atomic E-state index is 0.207. The summed E-state index contributed by atoms with van der Waals surface area (Å²) in [5, 5.41) is 7.77. The molecule has 0 spiro atoms. The van der Waals surface area contributed by atoms with Crippen molar-refractivity contribution in [1.29, 1.82) is 0 Å². The van der Waals surface area contributed by atoms with Gasteiger partial charge < -0.3 is 9.47 Å². The van der Waals surface area contributed by atoms with E-state index in [1.807, 2.05) is 18.3 Å². The van der Waals surface area contributed by atoms with Crippen molar-refractivity contribution in [1.82, 2.24) is 19.3 Å². The van der Waals surface area contributed by atoms with Gasteiger partial charge in [-0.15, -0.1) is 0 Å². The number of aryl methyl sites for hydroxylation is 2. The van der Waals surface area contributed by atoms with Gasteiger partial charge in [-0.3, -0.25) is 4.57 Å². The van der Waals surface area contributed by atoms with Crippen molar-refractivity contribution in [3.05, 3.63) is 125 Å². The molecule has 260 valence electrons. The Morgan fingerprint density at radius 2 is 1.37 bits per heavy atom. The Morgan fingerprint density at radius 1 is 0.647 bits per heavy atom. The third kappa shape index (κ3) is 5.97. The van der Waals surface area contributed by atoms with E-state index >= 15 is 0 Å². The first-order valence-electron chi connectivity index (χ1n) is 17.7. The lowest BCUT2D eigenvalue weighted by Gasteiger charge is -2.26. The number of hydrogen-bond acceptors (Lipinski definition) is 4. The smallest absolute Gasteiger partial charge is 0.137 e. The molecule has 0 aliphatic rings. The molecule has 0 saturated heterocycles. The molecule has 7 rings (SSSR count). The summed E-state index contributed by atoms with van der Waals surface area (Å²) < 4.78 is 16.8. The molecule has 0 fully saturated rings. The SMILES string of the molecule is COc1cc(C)c(-c2c(C(C)(C)C)nn(-c3cccc(Oc4ccc5c6ccccc6n(-c6cc(C)ccn6)c5c4)c3)c2C(C)(C)C)c(C)c1C. The van der Waals surface area contributed by atoms with E-state index in [-0.39, 0.29) is 10.8 Å². The third-order valence-corrected chi connectivity index (χ3v) is 9.90. The fraction of sp³-hybridized carbons (Fsp3) is 0.289. The lowest BCUT2D eigenvalue weighted by Crippen LogP contribution is -2.19. The van der Waals surface area contributed by atoms with Crippen LogP contribution in [0.2, 0.25) is 0 Å². The highest BCUT2D eigenvalue weighted by atomic mass is 16.5. The van der Waals surface area contributed by atoms with E-state index in [2.05, 4.69) is 151 Å². The molecule has 0 saturated carbocycles. The maximum Gasteiger partial charge on any atom is 0.137 e. The third-order valence-electron chi connectivity index (χ3n) is 9.90. The first-order chi connectivity index (χ1) is 24.2. The lowest BCUT2D eigenvalue weighted by molar-refractivity contribution is 0.411. The molecular weight excluding hydrogens is 629 g/mol. The van der Waals surface area contributed by atoms with Crippen molar-refractivity contribution in [2.24, 2.45) is 0 Å². The van der Waals surface area contributed by atoms with Crippen LogP contribution in [0.3, 0.4) is 0 Å². The highest BCUT2D eigenvalue weighted by Gasteiger charge is 2.35. The number of benzene rings is 4. The van der Waals surface area contributed by atoms with Crippen LogP contribution in [-0.4, -0.2) is 26.4 Å². The number of methoxy groups -OCH3 is 1. The molecule has 0 N–H and O–H groups in total. The van der Waals surface area contributed by atoms with Crippen molar-refractivity contribution in [2.75, 3.05) is 7.11 Å². The van der Waals surface area contributed by atoms with Gasteiger partial charge in [0.05, 0.1) is 35.2 Å². The van der Waals surface area contributed by atoms with Gasteiger partial charge in [-0.2, -0.15) is 5.10 Å². The molecule has 6 nitrogen and oxygen atoms in total. The molecule has 0 bridgehead atoms. The summed E-state index contributed by atoms with van der Waals surface area (Å²) in [7, 11) is 1.74. The summed E-state index contributed by atoms with van der Waals surface area (Å²) >= 11 is 0. The molecule has 0 radical (unpaired) electrons. The molecule has 0 amide bonds. The van der Waals surface area contributed by atoms with E-state index in [9.17, 15) is 0 Å². The molecule has 0 unspecified atom stereocenters. The molecule has 51 heavy (non-hydrogen) atoms. The fourth-order valence-corrected chi connectivity index (χ4v) is 7.42. The molecule has 0 aliphatic heterocycles. The highest BCUT2D eigenvalue weighted by molar-refractivity contribution is 6.09. The normalized spacial score (nSPS) is 12.2. The monoisotopic (exact) mass is 676 g/mol. The number of para-hydroxylation sites is 1. The number of hydrogen-bond donors (Lipinski definition) is 0. The van der Waals surface area contributed by atoms with E-state index in [0.717, 1.165) is 67.7 Å². The summed E-state index contributed by atoms with van der Waals surface area (Å²) in [4.78, 5) is 4.75. The van der Waals surface area contributed by atoms with E-state index in [0.29, 0.717) is 0 Å². The van der Waals surface area contributed by atoms with Crippen LogP contribution in [0.1, 0.15) is 75.2 Å². The molecule has 7 aromatic rings. The number of aromatic nitrogens is 4. The zero-order chi connectivity index (χ0) is 36.4. The largest absolute Gasteiger partial charge is 0.496 e. The summed E-state index contributed by atoms with van der Waals surface area (Å²) in [5.41, 5.74) is 12.0. The van der Waals surface area contributed by atoms with Crippen molar-refractivity contribution in [3.63, 3.8) is 0 Å². The van der Waals surface area contributed by atoms with Crippen LogP contribution in [0.5, 0.6) is 17.2 Å². The van der Waals surface area contributed by atoms with E-state index in [1.165, 1.54) is 27.6 Å². The van der Waals surface area contributed by atoms with E-state index in [1.54, 1.807) is 7.11 Å². The summed E-state index contributed by atoms with van der Waals surface area (Å²) in [6, 6.07) is 29.4. The minimum Gasteiger partial charge on any atom is -0.496 e. The van der Waals surface area contributed by atoms with Gasteiger partial charge in [0, 0.05) is 45.5 Å².